The summed E-state index contributed by atoms with van der Waals surface area (Å²) < 4.78 is 3.50. The predicted molar refractivity (Wildman–Crippen MR) is 102 cm³/mol. The number of aromatic nitrogens is 5. The molecule has 0 spiro atoms. The van der Waals surface area contributed by atoms with E-state index in [1.165, 1.54) is 0 Å². The van der Waals surface area contributed by atoms with Crippen LogP contribution in [0.3, 0.4) is 0 Å². The fraction of sp³-hybridized carbons (Fsp3) is 0.421. The average Bonchev–Trinajstić information content (AvgIpc) is 3.28. The zero-order chi connectivity index (χ0) is 19.8. The van der Waals surface area contributed by atoms with Gasteiger partial charge in [0.05, 0.1) is 0 Å². The lowest BCUT2D eigenvalue weighted by Gasteiger charge is -2.31. The lowest BCUT2D eigenvalue weighted by atomic mass is 9.95. The summed E-state index contributed by atoms with van der Waals surface area (Å²) in [7, 11) is 0. The van der Waals surface area contributed by atoms with E-state index in [4.69, 9.17) is 5.73 Å². The largest absolute Gasteiger partial charge is 0.368 e. The highest BCUT2D eigenvalue weighted by molar-refractivity contribution is 5.93. The average molecular weight is 381 g/mol. The molecule has 0 radical (unpaired) electrons. The molecule has 1 aliphatic heterocycles. The molecule has 4 heterocycles. The molecule has 3 aromatic heterocycles. The Labute approximate surface area is 162 Å². The highest BCUT2D eigenvalue weighted by Gasteiger charge is 2.28. The third-order valence-corrected chi connectivity index (χ3v) is 5.17. The fourth-order valence-electron chi connectivity index (χ4n) is 3.88. The molecular formula is C19H23N7O2. The van der Waals surface area contributed by atoms with Crippen LogP contribution in [0.5, 0.6) is 0 Å². The van der Waals surface area contributed by atoms with Crippen molar-refractivity contribution in [3.8, 4) is 0 Å². The van der Waals surface area contributed by atoms with Gasteiger partial charge in [-0.1, -0.05) is 0 Å². The zero-order valence-corrected chi connectivity index (χ0v) is 16.0. The minimum Gasteiger partial charge on any atom is -0.368 e. The van der Waals surface area contributed by atoms with Gasteiger partial charge in [0.15, 0.2) is 11.3 Å². The molecule has 0 aromatic carbocycles. The first kappa shape index (κ1) is 18.1. The van der Waals surface area contributed by atoms with Gasteiger partial charge in [0.2, 0.25) is 5.91 Å². The third kappa shape index (κ3) is 3.35. The molecular weight excluding hydrogens is 358 g/mol. The van der Waals surface area contributed by atoms with Crippen LogP contribution in [-0.2, 0) is 11.3 Å². The standard InChI is InChI=1S/C19H23N7O2/c1-12-9-13(2)26-17(22-12)10-15(23-26)19(28)24-6-3-14(4-7-24)18-21-5-8-25(18)11-16(20)27/h5,8-10,14H,3-4,6-7,11H2,1-2H3,(H2,20,27). The molecule has 1 saturated heterocycles. The van der Waals surface area contributed by atoms with Crippen LogP contribution in [-0.4, -0.2) is 54.0 Å². The molecule has 0 atom stereocenters. The number of amides is 2. The lowest BCUT2D eigenvalue weighted by molar-refractivity contribution is -0.118. The van der Waals surface area contributed by atoms with Crippen molar-refractivity contribution < 1.29 is 9.59 Å². The van der Waals surface area contributed by atoms with Crippen molar-refractivity contribution in [1.82, 2.24) is 29.0 Å². The maximum Gasteiger partial charge on any atom is 0.274 e. The van der Waals surface area contributed by atoms with Crippen LogP contribution < -0.4 is 5.73 Å². The van der Waals surface area contributed by atoms with Gasteiger partial charge in [0.25, 0.3) is 5.91 Å². The molecule has 1 aliphatic rings. The molecule has 28 heavy (non-hydrogen) atoms. The van der Waals surface area contributed by atoms with Gasteiger partial charge < -0.3 is 15.2 Å². The van der Waals surface area contributed by atoms with E-state index in [0.29, 0.717) is 24.4 Å². The predicted octanol–water partition coefficient (Wildman–Crippen LogP) is 1.05. The number of likely N-dealkylation sites (tertiary alicyclic amines) is 1. The molecule has 0 aliphatic carbocycles. The summed E-state index contributed by atoms with van der Waals surface area (Å²) in [6, 6.07) is 3.68. The van der Waals surface area contributed by atoms with Crippen molar-refractivity contribution in [3.05, 3.63) is 47.4 Å². The van der Waals surface area contributed by atoms with Crippen molar-refractivity contribution in [3.63, 3.8) is 0 Å². The monoisotopic (exact) mass is 381 g/mol. The first-order valence-corrected chi connectivity index (χ1v) is 9.35. The molecule has 9 heteroatoms. The van der Waals surface area contributed by atoms with Crippen LogP contribution in [0, 0.1) is 13.8 Å². The normalized spacial score (nSPS) is 15.3. The number of fused-ring (bicyclic) bond motifs is 1. The number of carbonyl (C=O) groups excluding carboxylic acids is 2. The molecule has 9 nitrogen and oxygen atoms in total. The molecule has 4 rings (SSSR count). The smallest absolute Gasteiger partial charge is 0.274 e. The quantitative estimate of drug-likeness (QED) is 0.726. The van der Waals surface area contributed by atoms with E-state index in [1.54, 1.807) is 27.5 Å². The maximum absolute atomic E-state index is 12.9. The van der Waals surface area contributed by atoms with Crippen LogP contribution in [0.25, 0.3) is 5.65 Å². The van der Waals surface area contributed by atoms with Gasteiger partial charge in [0.1, 0.15) is 12.4 Å². The van der Waals surface area contributed by atoms with Gasteiger partial charge in [-0.3, -0.25) is 9.59 Å². The lowest BCUT2D eigenvalue weighted by Crippen LogP contribution is -2.38. The summed E-state index contributed by atoms with van der Waals surface area (Å²) in [6.45, 7) is 5.23. The molecule has 146 valence electrons. The SMILES string of the molecule is Cc1cc(C)n2nc(C(=O)N3CCC(c4nccn4CC(N)=O)CC3)cc2n1. The number of aryl methyl sites for hydroxylation is 2. The number of nitrogens with two attached hydrogens (primary N) is 1. The Morgan fingerprint density at radius 1 is 1.21 bits per heavy atom. The number of piperidine rings is 1. The summed E-state index contributed by atoms with van der Waals surface area (Å²) in [4.78, 5) is 34.8. The maximum atomic E-state index is 12.9. The summed E-state index contributed by atoms with van der Waals surface area (Å²) in [5.74, 6) is 0.583. The molecule has 0 bridgehead atoms. The van der Waals surface area contributed by atoms with E-state index in [2.05, 4.69) is 15.1 Å². The third-order valence-electron chi connectivity index (χ3n) is 5.17. The summed E-state index contributed by atoms with van der Waals surface area (Å²) >= 11 is 0. The van der Waals surface area contributed by atoms with Gasteiger partial charge in [0, 0.05) is 48.9 Å². The molecule has 2 amide bonds. The molecule has 2 N–H and O–H groups in total. The van der Waals surface area contributed by atoms with Crippen LogP contribution in [0.4, 0.5) is 0 Å². The number of carbonyl (C=O) groups is 2. The molecule has 3 aromatic rings. The Kier molecular flexibility index (Phi) is 4.58. The highest BCUT2D eigenvalue weighted by atomic mass is 16.2. The van der Waals surface area contributed by atoms with Crippen molar-refractivity contribution in [2.45, 2.75) is 39.2 Å². The number of imidazole rings is 1. The number of nitrogens with zero attached hydrogens (tertiary/aromatic N) is 6. The van der Waals surface area contributed by atoms with Crippen LogP contribution in [0.2, 0.25) is 0 Å². The molecule has 0 unspecified atom stereocenters. The second-order valence-electron chi connectivity index (χ2n) is 7.28. The van der Waals surface area contributed by atoms with Gasteiger partial charge in [-0.05, 0) is 32.8 Å². The molecule has 0 saturated carbocycles. The van der Waals surface area contributed by atoms with E-state index < -0.39 is 5.91 Å². The van der Waals surface area contributed by atoms with Crippen molar-refractivity contribution in [2.24, 2.45) is 5.73 Å². The van der Waals surface area contributed by atoms with Crippen LogP contribution >= 0.6 is 0 Å². The Balaban J connectivity index is 1.47. The number of hydrogen-bond acceptors (Lipinski definition) is 5. The van der Waals surface area contributed by atoms with Gasteiger partial charge in [-0.2, -0.15) is 5.10 Å². The Morgan fingerprint density at radius 3 is 2.68 bits per heavy atom. The van der Waals surface area contributed by atoms with Crippen molar-refractivity contribution >= 4 is 17.5 Å². The summed E-state index contributed by atoms with van der Waals surface area (Å²) in [5, 5.41) is 4.44. The van der Waals surface area contributed by atoms with Gasteiger partial charge in [-0.25, -0.2) is 14.5 Å². The summed E-state index contributed by atoms with van der Waals surface area (Å²) in [5.41, 5.74) is 8.25. The Bertz CT molecular complexity index is 1040. The number of rotatable bonds is 4. The molecule has 1 fully saturated rings. The van der Waals surface area contributed by atoms with E-state index in [-0.39, 0.29) is 18.4 Å². The zero-order valence-electron chi connectivity index (χ0n) is 16.0. The van der Waals surface area contributed by atoms with E-state index in [9.17, 15) is 9.59 Å². The van der Waals surface area contributed by atoms with E-state index in [0.717, 1.165) is 30.1 Å². The second-order valence-corrected chi connectivity index (χ2v) is 7.28. The van der Waals surface area contributed by atoms with Crippen LogP contribution in [0.1, 0.15) is 46.5 Å². The van der Waals surface area contributed by atoms with Crippen molar-refractivity contribution in [1.29, 1.82) is 0 Å². The first-order chi connectivity index (χ1) is 13.4. The minimum absolute atomic E-state index is 0.0820. The van der Waals surface area contributed by atoms with E-state index in [1.807, 2.05) is 24.8 Å². The summed E-state index contributed by atoms with van der Waals surface area (Å²) in [6.07, 6.45) is 5.02. The number of hydrogen-bond donors (Lipinski definition) is 1. The topological polar surface area (TPSA) is 111 Å². The fourth-order valence-corrected chi connectivity index (χ4v) is 3.88. The van der Waals surface area contributed by atoms with Gasteiger partial charge >= 0.3 is 0 Å². The first-order valence-electron chi connectivity index (χ1n) is 9.35. The second kappa shape index (κ2) is 7.06. The Morgan fingerprint density at radius 2 is 1.96 bits per heavy atom. The van der Waals surface area contributed by atoms with E-state index >= 15 is 0 Å². The highest BCUT2D eigenvalue weighted by Crippen LogP contribution is 2.27. The van der Waals surface area contributed by atoms with Crippen molar-refractivity contribution in [2.75, 3.05) is 13.1 Å². The van der Waals surface area contributed by atoms with Crippen LogP contribution in [0.15, 0.2) is 24.5 Å². The minimum atomic E-state index is -0.391. The number of primary amides is 1. The Hall–Kier alpha value is -3.23. The van der Waals surface area contributed by atoms with Gasteiger partial charge in [-0.15, -0.1) is 0 Å².